The second-order valence-corrected chi connectivity index (χ2v) is 6.68. The Morgan fingerprint density at radius 1 is 1.14 bits per heavy atom. The molecule has 0 bridgehead atoms. The number of rotatable bonds is 6. The largest absolute Gasteiger partial charge is 0.493 e. The van der Waals surface area contributed by atoms with Gasteiger partial charge < -0.3 is 10.1 Å². The fraction of sp³-hybridized carbons (Fsp3) is 0.684. The number of nitrogens with one attached hydrogen (secondary N) is 1. The molecule has 2 aliphatic carbocycles. The van der Waals surface area contributed by atoms with Gasteiger partial charge in [0.15, 0.2) is 0 Å². The Labute approximate surface area is 129 Å². The molecule has 1 fully saturated rings. The Hall–Kier alpha value is -1.02. The molecule has 2 nitrogen and oxygen atoms in total. The van der Waals surface area contributed by atoms with Crippen LogP contribution in [0.4, 0.5) is 0 Å². The van der Waals surface area contributed by atoms with E-state index in [9.17, 15) is 0 Å². The summed E-state index contributed by atoms with van der Waals surface area (Å²) in [6, 6.07) is 7.18. The predicted molar refractivity (Wildman–Crippen MR) is 87.9 cm³/mol. The van der Waals surface area contributed by atoms with Crippen LogP contribution in [0, 0.1) is 5.92 Å². The van der Waals surface area contributed by atoms with Crippen LogP contribution in [-0.2, 0) is 6.42 Å². The van der Waals surface area contributed by atoms with Crippen LogP contribution in [0.5, 0.6) is 5.75 Å². The molecule has 3 rings (SSSR count). The Morgan fingerprint density at radius 3 is 2.81 bits per heavy atom. The first-order valence-corrected chi connectivity index (χ1v) is 8.86. The van der Waals surface area contributed by atoms with Gasteiger partial charge in [0.05, 0.1) is 6.61 Å². The minimum Gasteiger partial charge on any atom is -0.493 e. The first-order valence-electron chi connectivity index (χ1n) is 8.86. The summed E-state index contributed by atoms with van der Waals surface area (Å²) in [5.74, 6) is 1.95. The zero-order valence-electron chi connectivity index (χ0n) is 13.4. The summed E-state index contributed by atoms with van der Waals surface area (Å²) in [5, 5.41) is 3.70. The first kappa shape index (κ1) is 14.9. The molecule has 116 valence electrons. The Kier molecular flexibility index (Phi) is 5.18. The highest BCUT2D eigenvalue weighted by molar-refractivity contribution is 5.43. The highest BCUT2D eigenvalue weighted by Crippen LogP contribution is 2.36. The zero-order valence-corrected chi connectivity index (χ0v) is 13.4. The number of fused-ring (bicyclic) bond motifs is 1. The third kappa shape index (κ3) is 3.60. The second-order valence-electron chi connectivity index (χ2n) is 6.68. The highest BCUT2D eigenvalue weighted by atomic mass is 16.5. The molecule has 0 radical (unpaired) electrons. The molecular weight excluding hydrogens is 258 g/mol. The average molecular weight is 287 g/mol. The molecule has 0 amide bonds. The van der Waals surface area contributed by atoms with E-state index in [4.69, 9.17) is 4.74 Å². The monoisotopic (exact) mass is 287 g/mol. The molecule has 0 heterocycles. The van der Waals surface area contributed by atoms with Crippen molar-refractivity contribution < 1.29 is 4.74 Å². The summed E-state index contributed by atoms with van der Waals surface area (Å²) in [6.07, 6.45) is 10.4. The van der Waals surface area contributed by atoms with Gasteiger partial charge in [0.25, 0.3) is 0 Å². The normalized spacial score (nSPS) is 22.2. The van der Waals surface area contributed by atoms with Gasteiger partial charge in [-0.05, 0) is 68.2 Å². The van der Waals surface area contributed by atoms with Crippen molar-refractivity contribution in [3.8, 4) is 5.75 Å². The highest BCUT2D eigenvalue weighted by Gasteiger charge is 2.23. The average Bonchev–Trinajstić information content (AvgIpc) is 3.04. The maximum atomic E-state index is 6.21. The molecule has 0 aromatic heterocycles. The quantitative estimate of drug-likeness (QED) is 0.823. The molecule has 0 spiro atoms. The van der Waals surface area contributed by atoms with E-state index >= 15 is 0 Å². The Bertz CT molecular complexity index is 451. The molecule has 0 saturated heterocycles. The fourth-order valence-electron chi connectivity index (χ4n) is 3.87. The van der Waals surface area contributed by atoms with Crippen LogP contribution in [0.2, 0.25) is 0 Å². The van der Waals surface area contributed by atoms with Crippen molar-refractivity contribution >= 4 is 0 Å². The van der Waals surface area contributed by atoms with Crippen molar-refractivity contribution in [2.45, 2.75) is 64.3 Å². The van der Waals surface area contributed by atoms with Crippen LogP contribution in [0.25, 0.3) is 0 Å². The molecule has 21 heavy (non-hydrogen) atoms. The van der Waals surface area contributed by atoms with Crippen LogP contribution in [0.15, 0.2) is 18.2 Å². The summed E-state index contributed by atoms with van der Waals surface area (Å²) in [4.78, 5) is 0. The van der Waals surface area contributed by atoms with Crippen molar-refractivity contribution in [1.82, 2.24) is 5.32 Å². The summed E-state index contributed by atoms with van der Waals surface area (Å²) in [6.45, 7) is 4.26. The van der Waals surface area contributed by atoms with Crippen molar-refractivity contribution in [3.63, 3.8) is 0 Å². The van der Waals surface area contributed by atoms with Gasteiger partial charge in [0.2, 0.25) is 0 Å². The van der Waals surface area contributed by atoms with E-state index in [0.29, 0.717) is 6.04 Å². The van der Waals surface area contributed by atoms with E-state index in [0.717, 1.165) is 24.8 Å². The van der Waals surface area contributed by atoms with Crippen LogP contribution in [-0.4, -0.2) is 13.2 Å². The Morgan fingerprint density at radius 2 is 2.00 bits per heavy atom. The summed E-state index contributed by atoms with van der Waals surface area (Å²) < 4.78 is 6.21. The molecule has 1 atom stereocenters. The summed E-state index contributed by atoms with van der Waals surface area (Å²) in [5.41, 5.74) is 2.95. The van der Waals surface area contributed by atoms with E-state index in [1.807, 2.05) is 0 Å². The van der Waals surface area contributed by atoms with E-state index in [1.54, 1.807) is 0 Å². The number of hydrogen-bond donors (Lipinski definition) is 1. The molecule has 1 aromatic carbocycles. The molecule has 2 aliphatic rings. The van der Waals surface area contributed by atoms with Crippen molar-refractivity contribution in [1.29, 1.82) is 0 Å². The third-order valence-corrected chi connectivity index (χ3v) is 5.05. The molecule has 1 N–H and O–H groups in total. The molecule has 1 aromatic rings. The maximum absolute atomic E-state index is 6.21. The second kappa shape index (κ2) is 7.31. The number of hydrogen-bond acceptors (Lipinski definition) is 2. The Balaban J connectivity index is 1.69. The molecule has 1 unspecified atom stereocenters. The lowest BCUT2D eigenvalue weighted by Crippen LogP contribution is -2.26. The van der Waals surface area contributed by atoms with E-state index in [1.165, 1.54) is 62.5 Å². The summed E-state index contributed by atoms with van der Waals surface area (Å²) in [7, 11) is 0. The maximum Gasteiger partial charge on any atom is 0.122 e. The number of benzene rings is 1. The van der Waals surface area contributed by atoms with Crippen LogP contribution in [0.3, 0.4) is 0 Å². The smallest absolute Gasteiger partial charge is 0.122 e. The van der Waals surface area contributed by atoms with Gasteiger partial charge in [-0.3, -0.25) is 0 Å². The predicted octanol–water partition coefficient (Wildman–Crippen LogP) is 4.63. The lowest BCUT2D eigenvalue weighted by atomic mass is 9.87. The molecular formula is C19H29NO. The SMILES string of the molecule is CCCNC1CCCc2c(OCC3CCCC3)cccc21. The zero-order chi connectivity index (χ0) is 14.5. The minimum atomic E-state index is 0.531. The lowest BCUT2D eigenvalue weighted by Gasteiger charge is -2.28. The van der Waals surface area contributed by atoms with Crippen LogP contribution >= 0.6 is 0 Å². The lowest BCUT2D eigenvalue weighted by molar-refractivity contribution is 0.248. The van der Waals surface area contributed by atoms with Gasteiger partial charge in [0, 0.05) is 6.04 Å². The standard InChI is InChI=1S/C19H29NO/c1-2-13-20-18-11-5-10-17-16(18)9-6-12-19(17)21-14-15-7-3-4-8-15/h6,9,12,15,18,20H,2-5,7-8,10-11,13-14H2,1H3. The molecule has 0 aliphatic heterocycles. The van der Waals surface area contributed by atoms with Gasteiger partial charge in [-0.2, -0.15) is 0 Å². The van der Waals surface area contributed by atoms with Gasteiger partial charge in [0.1, 0.15) is 5.75 Å². The van der Waals surface area contributed by atoms with Gasteiger partial charge in [-0.25, -0.2) is 0 Å². The number of ether oxygens (including phenoxy) is 1. The minimum absolute atomic E-state index is 0.531. The van der Waals surface area contributed by atoms with Crippen LogP contribution < -0.4 is 10.1 Å². The third-order valence-electron chi connectivity index (χ3n) is 5.05. The topological polar surface area (TPSA) is 21.3 Å². The van der Waals surface area contributed by atoms with Gasteiger partial charge in [-0.1, -0.05) is 31.9 Å². The van der Waals surface area contributed by atoms with Crippen molar-refractivity contribution in [3.05, 3.63) is 29.3 Å². The fourth-order valence-corrected chi connectivity index (χ4v) is 3.87. The van der Waals surface area contributed by atoms with Gasteiger partial charge >= 0.3 is 0 Å². The first-order chi connectivity index (χ1) is 10.4. The van der Waals surface area contributed by atoms with Crippen molar-refractivity contribution in [2.24, 2.45) is 5.92 Å². The van der Waals surface area contributed by atoms with E-state index < -0.39 is 0 Å². The molecule has 1 saturated carbocycles. The molecule has 2 heteroatoms. The van der Waals surface area contributed by atoms with E-state index in [2.05, 4.69) is 30.4 Å². The summed E-state index contributed by atoms with van der Waals surface area (Å²) >= 11 is 0. The van der Waals surface area contributed by atoms with Gasteiger partial charge in [-0.15, -0.1) is 0 Å². The van der Waals surface area contributed by atoms with Crippen molar-refractivity contribution in [2.75, 3.05) is 13.2 Å². The van der Waals surface area contributed by atoms with E-state index in [-0.39, 0.29) is 0 Å². The van der Waals surface area contributed by atoms with Crippen LogP contribution in [0.1, 0.15) is 69.0 Å².